The number of aromatic nitrogens is 3. The molecule has 2 heterocycles. The van der Waals surface area contributed by atoms with Crippen molar-refractivity contribution in [2.45, 2.75) is 33.1 Å². The summed E-state index contributed by atoms with van der Waals surface area (Å²) in [5, 5.41) is 4.36. The summed E-state index contributed by atoms with van der Waals surface area (Å²) in [5.41, 5.74) is 4.51. The van der Waals surface area contributed by atoms with Gasteiger partial charge in [0.15, 0.2) is 0 Å². The Morgan fingerprint density at radius 1 is 1.18 bits per heavy atom. The predicted octanol–water partition coefficient (Wildman–Crippen LogP) is 3.09. The van der Waals surface area contributed by atoms with Gasteiger partial charge in [-0.15, -0.1) is 0 Å². The maximum atomic E-state index is 4.44. The number of hydrogen-bond acceptors (Lipinski definition) is 2. The summed E-state index contributed by atoms with van der Waals surface area (Å²) >= 11 is 0. The van der Waals surface area contributed by atoms with Gasteiger partial charge in [0.2, 0.25) is 0 Å². The van der Waals surface area contributed by atoms with Gasteiger partial charge in [-0.3, -0.25) is 9.67 Å². The van der Waals surface area contributed by atoms with Crippen molar-refractivity contribution in [1.29, 1.82) is 0 Å². The lowest BCUT2D eigenvalue weighted by molar-refractivity contribution is 0.589. The zero-order valence-corrected chi connectivity index (χ0v) is 11.2. The normalized spacial score (nSPS) is 11.8. The van der Waals surface area contributed by atoms with E-state index in [0.29, 0.717) is 0 Å². The maximum Gasteiger partial charge on any atom is 0.0885 e. The Morgan fingerprint density at radius 2 is 1.88 bits per heavy atom. The van der Waals surface area contributed by atoms with Crippen LogP contribution in [0.15, 0.2) is 24.4 Å². The lowest BCUT2D eigenvalue weighted by atomic mass is 9.87. The maximum absolute atomic E-state index is 4.44. The molecule has 3 nitrogen and oxygen atoms in total. The van der Waals surface area contributed by atoms with Crippen LogP contribution in [0.25, 0.3) is 11.4 Å². The van der Waals surface area contributed by atoms with E-state index in [2.05, 4.69) is 49.1 Å². The Hall–Kier alpha value is -1.64. The van der Waals surface area contributed by atoms with E-state index in [9.17, 15) is 0 Å². The Labute approximate surface area is 103 Å². The molecule has 0 amide bonds. The summed E-state index contributed by atoms with van der Waals surface area (Å²) in [5.74, 6) is 0. The molecule has 0 saturated carbocycles. The Kier molecular flexibility index (Phi) is 2.77. The number of hydrogen-bond donors (Lipinski definition) is 0. The van der Waals surface area contributed by atoms with Crippen LogP contribution in [0, 0.1) is 6.92 Å². The molecule has 2 aromatic rings. The van der Waals surface area contributed by atoms with E-state index in [4.69, 9.17) is 0 Å². The SMILES string of the molecule is Cc1cc(-c2cc(C(C)(C)C)ccn2)n(C)n1. The standard InChI is InChI=1S/C14H19N3/c1-10-8-13(17(5)16-10)12-9-11(6-7-15-12)14(2,3)4/h6-9H,1-5H3. The molecule has 0 bridgehead atoms. The van der Waals surface area contributed by atoms with Crippen molar-refractivity contribution in [2.75, 3.05) is 0 Å². The zero-order chi connectivity index (χ0) is 12.6. The van der Waals surface area contributed by atoms with Gasteiger partial charge >= 0.3 is 0 Å². The molecule has 0 aromatic carbocycles. The van der Waals surface area contributed by atoms with Crippen molar-refractivity contribution >= 4 is 0 Å². The Bertz CT molecular complexity index is 533. The van der Waals surface area contributed by atoms with Gasteiger partial charge in [0.1, 0.15) is 0 Å². The number of pyridine rings is 1. The van der Waals surface area contributed by atoms with Gasteiger partial charge in [-0.2, -0.15) is 5.10 Å². The summed E-state index contributed by atoms with van der Waals surface area (Å²) < 4.78 is 1.88. The van der Waals surface area contributed by atoms with Crippen LogP contribution in [0.4, 0.5) is 0 Å². The van der Waals surface area contributed by atoms with Crippen LogP contribution >= 0.6 is 0 Å². The second kappa shape index (κ2) is 3.99. The molecule has 0 unspecified atom stereocenters. The third-order valence-corrected chi connectivity index (χ3v) is 2.89. The van der Waals surface area contributed by atoms with Crippen LogP contribution in [-0.2, 0) is 12.5 Å². The minimum absolute atomic E-state index is 0.144. The van der Waals surface area contributed by atoms with Gasteiger partial charge in [-0.1, -0.05) is 20.8 Å². The Morgan fingerprint density at radius 3 is 2.41 bits per heavy atom. The molecule has 3 heteroatoms. The highest BCUT2D eigenvalue weighted by atomic mass is 15.3. The molecule has 90 valence electrons. The van der Waals surface area contributed by atoms with E-state index in [1.54, 1.807) is 0 Å². The van der Waals surface area contributed by atoms with Crippen LogP contribution in [0.3, 0.4) is 0 Å². The molecule has 0 aliphatic carbocycles. The summed E-state index contributed by atoms with van der Waals surface area (Å²) in [7, 11) is 1.95. The lowest BCUT2D eigenvalue weighted by Gasteiger charge is -2.19. The predicted molar refractivity (Wildman–Crippen MR) is 69.9 cm³/mol. The van der Waals surface area contributed by atoms with Crippen molar-refractivity contribution < 1.29 is 0 Å². The van der Waals surface area contributed by atoms with Gasteiger partial charge in [0.25, 0.3) is 0 Å². The van der Waals surface area contributed by atoms with Gasteiger partial charge in [-0.25, -0.2) is 0 Å². The molecule has 0 N–H and O–H groups in total. The van der Waals surface area contributed by atoms with Crippen LogP contribution in [0.2, 0.25) is 0 Å². The molecule has 2 rings (SSSR count). The van der Waals surface area contributed by atoms with Crippen molar-refractivity contribution in [3.05, 3.63) is 35.7 Å². The molecule has 0 spiro atoms. The van der Waals surface area contributed by atoms with E-state index in [1.165, 1.54) is 5.56 Å². The fourth-order valence-electron chi connectivity index (χ4n) is 1.89. The zero-order valence-electron chi connectivity index (χ0n) is 11.2. The highest BCUT2D eigenvalue weighted by molar-refractivity contribution is 5.56. The first-order valence-electron chi connectivity index (χ1n) is 5.85. The number of rotatable bonds is 1. The fraction of sp³-hybridized carbons (Fsp3) is 0.429. The van der Waals surface area contributed by atoms with E-state index < -0.39 is 0 Å². The van der Waals surface area contributed by atoms with Crippen molar-refractivity contribution in [2.24, 2.45) is 7.05 Å². The fourth-order valence-corrected chi connectivity index (χ4v) is 1.89. The van der Waals surface area contributed by atoms with E-state index in [0.717, 1.165) is 17.1 Å². The van der Waals surface area contributed by atoms with Gasteiger partial charge < -0.3 is 0 Å². The smallest absolute Gasteiger partial charge is 0.0885 e. The number of aryl methyl sites for hydroxylation is 2. The second-order valence-corrected chi connectivity index (χ2v) is 5.47. The lowest BCUT2D eigenvalue weighted by Crippen LogP contribution is -2.11. The molecule has 2 aromatic heterocycles. The minimum Gasteiger partial charge on any atom is -0.266 e. The largest absolute Gasteiger partial charge is 0.266 e. The minimum atomic E-state index is 0.144. The highest BCUT2D eigenvalue weighted by Crippen LogP contribution is 2.25. The van der Waals surface area contributed by atoms with Crippen molar-refractivity contribution in [3.63, 3.8) is 0 Å². The molecule has 0 atom stereocenters. The van der Waals surface area contributed by atoms with Crippen LogP contribution < -0.4 is 0 Å². The molecule has 0 aliphatic rings. The summed E-state index contributed by atoms with van der Waals surface area (Å²) in [6.07, 6.45) is 1.87. The van der Waals surface area contributed by atoms with Crippen LogP contribution in [-0.4, -0.2) is 14.8 Å². The van der Waals surface area contributed by atoms with E-state index in [-0.39, 0.29) is 5.41 Å². The molecule has 0 radical (unpaired) electrons. The second-order valence-electron chi connectivity index (χ2n) is 5.47. The summed E-state index contributed by atoms with van der Waals surface area (Å²) in [6, 6.07) is 6.29. The van der Waals surface area contributed by atoms with Gasteiger partial charge in [-0.05, 0) is 36.1 Å². The molecular formula is C14H19N3. The highest BCUT2D eigenvalue weighted by Gasteiger charge is 2.15. The Balaban J connectivity index is 2.50. The molecule has 0 fully saturated rings. The first-order valence-corrected chi connectivity index (χ1v) is 5.85. The third kappa shape index (κ3) is 2.38. The monoisotopic (exact) mass is 229 g/mol. The topological polar surface area (TPSA) is 30.7 Å². The van der Waals surface area contributed by atoms with Crippen molar-refractivity contribution in [3.8, 4) is 11.4 Å². The quantitative estimate of drug-likeness (QED) is 0.752. The average Bonchev–Trinajstić information content (AvgIpc) is 2.57. The van der Waals surface area contributed by atoms with Gasteiger partial charge in [0.05, 0.1) is 17.1 Å². The first-order chi connectivity index (χ1) is 7.88. The summed E-state index contributed by atoms with van der Waals surface area (Å²) in [4.78, 5) is 4.44. The van der Waals surface area contributed by atoms with Crippen LogP contribution in [0.5, 0.6) is 0 Å². The molecule has 17 heavy (non-hydrogen) atoms. The van der Waals surface area contributed by atoms with Crippen molar-refractivity contribution in [1.82, 2.24) is 14.8 Å². The van der Waals surface area contributed by atoms with Gasteiger partial charge in [0, 0.05) is 13.2 Å². The van der Waals surface area contributed by atoms with E-state index >= 15 is 0 Å². The third-order valence-electron chi connectivity index (χ3n) is 2.89. The molecule has 0 saturated heterocycles. The first kappa shape index (κ1) is 11.8. The molecular weight excluding hydrogens is 210 g/mol. The van der Waals surface area contributed by atoms with Crippen LogP contribution in [0.1, 0.15) is 32.0 Å². The summed E-state index contributed by atoms with van der Waals surface area (Å²) in [6.45, 7) is 8.62. The van der Waals surface area contributed by atoms with E-state index in [1.807, 2.05) is 24.9 Å². The number of nitrogens with zero attached hydrogens (tertiary/aromatic N) is 3. The average molecular weight is 229 g/mol. The molecule has 0 aliphatic heterocycles.